The van der Waals surface area contributed by atoms with Crippen LogP contribution in [0.15, 0.2) is 243 Å². The lowest BCUT2D eigenvalue weighted by Gasteiger charge is -2.43. The molecule has 3 nitrogen and oxygen atoms in total. The van der Waals surface area contributed by atoms with Gasteiger partial charge in [0, 0.05) is 44.4 Å². The van der Waals surface area contributed by atoms with Crippen molar-refractivity contribution in [2.75, 3.05) is 9.80 Å². The molecule has 0 aromatic heterocycles. The van der Waals surface area contributed by atoms with E-state index in [4.69, 9.17) is 4.74 Å². The van der Waals surface area contributed by atoms with Crippen molar-refractivity contribution in [3.05, 3.63) is 265 Å². The summed E-state index contributed by atoms with van der Waals surface area (Å²) in [6, 6.07) is 88.4. The molecule has 11 aromatic rings. The molecule has 0 radical (unpaired) electrons. The van der Waals surface area contributed by atoms with Crippen LogP contribution >= 0.6 is 0 Å². The third-order valence-corrected chi connectivity index (χ3v) is 13.4. The van der Waals surface area contributed by atoms with Crippen molar-refractivity contribution in [3.8, 4) is 22.6 Å². The summed E-state index contributed by atoms with van der Waals surface area (Å²) in [5, 5.41) is 7.22. The number of nitrogens with zero attached hydrogens (tertiary/aromatic N) is 2. The van der Waals surface area contributed by atoms with Crippen LogP contribution in [0.3, 0.4) is 0 Å². The van der Waals surface area contributed by atoms with Crippen molar-refractivity contribution in [2.24, 2.45) is 0 Å². The highest BCUT2D eigenvalue weighted by atomic mass is 16.5. The minimum absolute atomic E-state index is 0.833. The van der Waals surface area contributed by atoms with Crippen molar-refractivity contribution in [3.63, 3.8) is 0 Å². The Morgan fingerprint density at radius 1 is 0.297 bits per heavy atom. The van der Waals surface area contributed by atoms with Crippen LogP contribution in [0, 0.1) is 0 Å². The van der Waals surface area contributed by atoms with Crippen molar-refractivity contribution in [1.29, 1.82) is 0 Å². The molecule has 0 unspecified atom stereocenters. The minimum atomic E-state index is -0.833. The molecule has 2 aliphatic rings. The average Bonchev–Trinajstić information content (AvgIpc) is 3.67. The van der Waals surface area contributed by atoms with E-state index >= 15 is 0 Å². The van der Waals surface area contributed by atoms with E-state index in [1.807, 2.05) is 0 Å². The molecule has 11 aromatic carbocycles. The lowest BCUT2D eigenvalue weighted by atomic mass is 9.65. The largest absolute Gasteiger partial charge is 0.457 e. The zero-order valence-corrected chi connectivity index (χ0v) is 34.9. The molecular weight excluding hydrogens is 777 g/mol. The van der Waals surface area contributed by atoms with E-state index < -0.39 is 5.41 Å². The van der Waals surface area contributed by atoms with Crippen molar-refractivity contribution in [2.45, 2.75) is 5.41 Å². The Hall–Kier alpha value is -8.40. The summed E-state index contributed by atoms with van der Waals surface area (Å²) in [6.07, 6.45) is 0. The van der Waals surface area contributed by atoms with E-state index in [-0.39, 0.29) is 0 Å². The molecule has 3 heteroatoms. The number of anilines is 6. The van der Waals surface area contributed by atoms with Crippen LogP contribution in [0.5, 0.6) is 11.5 Å². The number of fused-ring (bicyclic) bond motifs is 13. The smallest absolute Gasteiger partial charge is 0.132 e. The topological polar surface area (TPSA) is 15.7 Å². The van der Waals surface area contributed by atoms with E-state index in [0.29, 0.717) is 0 Å². The fourth-order valence-corrected chi connectivity index (χ4v) is 10.9. The minimum Gasteiger partial charge on any atom is -0.457 e. The molecule has 300 valence electrons. The van der Waals surface area contributed by atoms with Gasteiger partial charge in [0.2, 0.25) is 0 Å². The van der Waals surface area contributed by atoms with E-state index in [0.717, 1.165) is 56.8 Å². The van der Waals surface area contributed by atoms with Gasteiger partial charge in [-0.1, -0.05) is 182 Å². The van der Waals surface area contributed by atoms with Crippen LogP contribution in [0.1, 0.15) is 22.3 Å². The molecule has 0 fully saturated rings. The van der Waals surface area contributed by atoms with Gasteiger partial charge in [-0.25, -0.2) is 0 Å². The van der Waals surface area contributed by atoms with Gasteiger partial charge in [-0.3, -0.25) is 0 Å². The first-order valence-electron chi connectivity index (χ1n) is 22.0. The predicted octanol–water partition coefficient (Wildman–Crippen LogP) is 16.6. The molecule has 1 spiro atoms. The number of para-hydroxylation sites is 4. The zero-order chi connectivity index (χ0) is 42.2. The third-order valence-electron chi connectivity index (χ3n) is 13.4. The lowest BCUT2D eigenvalue weighted by Crippen LogP contribution is -2.34. The van der Waals surface area contributed by atoms with Crippen LogP contribution in [0.25, 0.3) is 43.4 Å². The Morgan fingerprint density at radius 2 is 0.734 bits per heavy atom. The Kier molecular flexibility index (Phi) is 8.13. The molecule has 64 heavy (non-hydrogen) atoms. The second kappa shape index (κ2) is 14.3. The Morgan fingerprint density at radius 3 is 1.36 bits per heavy atom. The van der Waals surface area contributed by atoms with Gasteiger partial charge < -0.3 is 14.5 Å². The van der Waals surface area contributed by atoms with Gasteiger partial charge in [-0.05, 0) is 93.3 Å². The molecule has 0 N–H and O–H groups in total. The van der Waals surface area contributed by atoms with E-state index in [1.165, 1.54) is 54.6 Å². The maximum Gasteiger partial charge on any atom is 0.132 e. The molecule has 0 bridgehead atoms. The zero-order valence-electron chi connectivity index (χ0n) is 34.9. The van der Waals surface area contributed by atoms with Crippen LogP contribution in [-0.4, -0.2) is 0 Å². The molecule has 13 rings (SSSR count). The highest BCUT2D eigenvalue weighted by Gasteiger charge is 2.54. The van der Waals surface area contributed by atoms with Gasteiger partial charge in [0.25, 0.3) is 0 Å². The predicted molar refractivity (Wildman–Crippen MR) is 266 cm³/mol. The van der Waals surface area contributed by atoms with Crippen molar-refractivity contribution in [1.82, 2.24) is 0 Å². The van der Waals surface area contributed by atoms with Crippen LogP contribution in [-0.2, 0) is 5.41 Å². The monoisotopic (exact) mass is 816 g/mol. The number of hydrogen-bond donors (Lipinski definition) is 0. The van der Waals surface area contributed by atoms with Crippen LogP contribution < -0.4 is 14.5 Å². The average molecular weight is 817 g/mol. The first-order chi connectivity index (χ1) is 31.8. The van der Waals surface area contributed by atoms with Crippen molar-refractivity contribution < 1.29 is 4.74 Å². The second-order valence-corrected chi connectivity index (χ2v) is 16.7. The number of hydrogen-bond acceptors (Lipinski definition) is 3. The normalized spacial score (nSPS) is 12.9. The lowest BCUT2D eigenvalue weighted by molar-refractivity contribution is 0.436. The highest BCUT2D eigenvalue weighted by Crippen LogP contribution is 2.67. The fraction of sp³-hybridized carbons (Fsp3) is 0.0164. The first-order valence-corrected chi connectivity index (χ1v) is 22.0. The number of rotatable bonds is 6. The van der Waals surface area contributed by atoms with E-state index in [2.05, 4.69) is 252 Å². The standard InChI is InChI=1S/C61H40N2O/c1-3-23-43(24-4-1)62(53-35-17-22-41-20-7-10-28-46(41)53)54-36-18-31-49-50-32-19-37-55(60(50)61(59(49)54)51-33-13-15-38-57(51)64-58-39-16-14-34-52(58)61)63(44-25-5-2-6-26-44)56-40-42-21-8-9-27-45(42)47-29-11-12-30-48(47)56/h1-40H. The van der Waals surface area contributed by atoms with Gasteiger partial charge >= 0.3 is 0 Å². The molecule has 0 saturated heterocycles. The molecule has 0 amide bonds. The summed E-state index contributed by atoms with van der Waals surface area (Å²) in [4.78, 5) is 5.00. The molecular formula is C61H40N2O. The Labute approximate surface area is 372 Å². The quantitative estimate of drug-likeness (QED) is 0.156. The molecule has 1 aliphatic carbocycles. The summed E-state index contributed by atoms with van der Waals surface area (Å²) in [6.45, 7) is 0. The van der Waals surface area contributed by atoms with E-state index in [9.17, 15) is 0 Å². The summed E-state index contributed by atoms with van der Waals surface area (Å²) >= 11 is 0. The van der Waals surface area contributed by atoms with Crippen LogP contribution in [0.2, 0.25) is 0 Å². The number of benzene rings is 11. The fourth-order valence-electron chi connectivity index (χ4n) is 10.9. The third kappa shape index (κ3) is 5.22. The maximum absolute atomic E-state index is 6.97. The molecule has 0 atom stereocenters. The van der Waals surface area contributed by atoms with Gasteiger partial charge in [-0.15, -0.1) is 0 Å². The molecule has 1 heterocycles. The SMILES string of the molecule is c1ccc(N(c2cccc3c2C2(c4ccccc4Oc4ccccc42)c2c-3cccc2N(c2ccccc2)c2cc3ccccc3c3ccccc23)c2cccc3ccccc23)cc1. The van der Waals surface area contributed by atoms with Gasteiger partial charge in [0.05, 0.1) is 28.2 Å². The second-order valence-electron chi connectivity index (χ2n) is 16.7. The van der Waals surface area contributed by atoms with E-state index in [1.54, 1.807) is 0 Å². The first kappa shape index (κ1) is 36.3. The summed E-state index contributed by atoms with van der Waals surface area (Å²) in [5.41, 5.74) is 12.8. The van der Waals surface area contributed by atoms with Gasteiger partial charge in [-0.2, -0.15) is 0 Å². The molecule has 0 saturated carbocycles. The highest BCUT2D eigenvalue weighted by molar-refractivity contribution is 6.15. The Bertz CT molecular complexity index is 3570. The summed E-state index contributed by atoms with van der Waals surface area (Å²) in [7, 11) is 0. The Balaban J connectivity index is 1.20. The summed E-state index contributed by atoms with van der Waals surface area (Å²) in [5.74, 6) is 1.70. The maximum atomic E-state index is 6.97. The number of ether oxygens (including phenoxy) is 1. The van der Waals surface area contributed by atoms with Gasteiger partial charge in [0.15, 0.2) is 0 Å². The van der Waals surface area contributed by atoms with Gasteiger partial charge in [0.1, 0.15) is 11.5 Å². The molecule has 1 aliphatic heterocycles. The van der Waals surface area contributed by atoms with Crippen LogP contribution in [0.4, 0.5) is 34.1 Å². The summed E-state index contributed by atoms with van der Waals surface area (Å²) < 4.78 is 6.97. The van der Waals surface area contributed by atoms with Crippen molar-refractivity contribution >= 4 is 66.4 Å².